The van der Waals surface area contributed by atoms with Crippen molar-refractivity contribution in [3.05, 3.63) is 29.0 Å². The van der Waals surface area contributed by atoms with E-state index in [1.807, 2.05) is 0 Å². The first-order chi connectivity index (χ1) is 9.35. The minimum Gasteiger partial charge on any atom is -0.380 e. The molecule has 0 radical (unpaired) electrons. The SMILES string of the molecule is Fc1c(Cl)cccc1NC1CCN(CC(F)(F)F)CC1. The topological polar surface area (TPSA) is 15.3 Å². The van der Waals surface area contributed by atoms with E-state index in [0.717, 1.165) is 0 Å². The van der Waals surface area contributed by atoms with Crippen LogP contribution in [0.3, 0.4) is 0 Å². The molecule has 0 bridgehead atoms. The van der Waals surface area contributed by atoms with Gasteiger partial charge in [0.25, 0.3) is 0 Å². The first-order valence-corrected chi connectivity index (χ1v) is 6.72. The smallest absolute Gasteiger partial charge is 0.380 e. The molecule has 1 N–H and O–H groups in total. The van der Waals surface area contributed by atoms with E-state index >= 15 is 0 Å². The van der Waals surface area contributed by atoms with Gasteiger partial charge < -0.3 is 5.32 Å². The van der Waals surface area contributed by atoms with Crippen molar-refractivity contribution < 1.29 is 17.6 Å². The number of hydrogen-bond donors (Lipinski definition) is 1. The molecule has 1 aromatic rings. The van der Waals surface area contributed by atoms with Crippen LogP contribution in [0.5, 0.6) is 0 Å². The number of likely N-dealkylation sites (tertiary alicyclic amines) is 1. The molecule has 1 heterocycles. The van der Waals surface area contributed by atoms with Crippen molar-refractivity contribution in [2.45, 2.75) is 25.1 Å². The zero-order valence-electron chi connectivity index (χ0n) is 10.7. The Kier molecular flexibility index (Phi) is 4.75. The van der Waals surface area contributed by atoms with Crippen molar-refractivity contribution in [1.82, 2.24) is 4.90 Å². The van der Waals surface area contributed by atoms with E-state index in [2.05, 4.69) is 5.32 Å². The summed E-state index contributed by atoms with van der Waals surface area (Å²) >= 11 is 5.68. The average molecular weight is 311 g/mol. The summed E-state index contributed by atoms with van der Waals surface area (Å²) < 4.78 is 50.5. The van der Waals surface area contributed by atoms with Gasteiger partial charge in [-0.3, -0.25) is 4.90 Å². The molecule has 1 aromatic carbocycles. The molecule has 1 aliphatic heterocycles. The summed E-state index contributed by atoms with van der Waals surface area (Å²) in [6.45, 7) is -0.191. The first-order valence-electron chi connectivity index (χ1n) is 6.35. The molecule has 7 heteroatoms. The van der Waals surface area contributed by atoms with Crippen molar-refractivity contribution >= 4 is 17.3 Å². The minimum absolute atomic E-state index is 0.0320. The van der Waals surface area contributed by atoms with Crippen LogP contribution in [0.2, 0.25) is 5.02 Å². The summed E-state index contributed by atoms with van der Waals surface area (Å²) in [5.41, 5.74) is 0.298. The molecule has 0 unspecified atom stereocenters. The molecule has 0 saturated carbocycles. The summed E-state index contributed by atoms with van der Waals surface area (Å²) in [7, 11) is 0. The van der Waals surface area contributed by atoms with Crippen LogP contribution in [0.1, 0.15) is 12.8 Å². The third kappa shape index (κ3) is 4.24. The zero-order valence-corrected chi connectivity index (χ0v) is 11.4. The molecule has 1 fully saturated rings. The van der Waals surface area contributed by atoms with Crippen LogP contribution in [-0.4, -0.2) is 36.8 Å². The lowest BCUT2D eigenvalue weighted by molar-refractivity contribution is -0.147. The second-order valence-corrected chi connectivity index (χ2v) is 5.32. The van der Waals surface area contributed by atoms with Crippen molar-refractivity contribution in [2.24, 2.45) is 0 Å². The van der Waals surface area contributed by atoms with Crippen LogP contribution in [-0.2, 0) is 0 Å². The molecule has 2 rings (SSSR count). The number of nitrogens with zero attached hydrogens (tertiary/aromatic N) is 1. The van der Waals surface area contributed by atoms with E-state index < -0.39 is 18.5 Å². The van der Waals surface area contributed by atoms with Crippen LogP contribution in [0.25, 0.3) is 0 Å². The van der Waals surface area contributed by atoms with Gasteiger partial charge in [0.1, 0.15) is 0 Å². The van der Waals surface area contributed by atoms with E-state index in [1.165, 1.54) is 11.0 Å². The Hall–Kier alpha value is -1.01. The first kappa shape index (κ1) is 15.4. The fraction of sp³-hybridized carbons (Fsp3) is 0.538. The van der Waals surface area contributed by atoms with Gasteiger partial charge in [0, 0.05) is 19.1 Å². The van der Waals surface area contributed by atoms with Crippen LogP contribution in [0.4, 0.5) is 23.2 Å². The highest BCUT2D eigenvalue weighted by molar-refractivity contribution is 6.31. The number of halogens is 5. The van der Waals surface area contributed by atoms with E-state index in [9.17, 15) is 17.6 Å². The summed E-state index contributed by atoms with van der Waals surface area (Å²) in [4.78, 5) is 1.37. The Labute approximate surface area is 119 Å². The maximum absolute atomic E-state index is 13.7. The van der Waals surface area contributed by atoms with Gasteiger partial charge in [-0.15, -0.1) is 0 Å². The molecule has 2 nitrogen and oxygen atoms in total. The quantitative estimate of drug-likeness (QED) is 0.851. The summed E-state index contributed by atoms with van der Waals surface area (Å²) in [6.07, 6.45) is -3.08. The summed E-state index contributed by atoms with van der Waals surface area (Å²) in [5.74, 6) is -0.521. The monoisotopic (exact) mass is 310 g/mol. The Morgan fingerprint density at radius 2 is 1.90 bits per heavy atom. The van der Waals surface area contributed by atoms with Crippen LogP contribution < -0.4 is 5.32 Å². The number of alkyl halides is 3. The highest BCUT2D eigenvalue weighted by atomic mass is 35.5. The number of rotatable bonds is 3. The summed E-state index contributed by atoms with van der Waals surface area (Å²) in [5, 5.41) is 3.04. The second kappa shape index (κ2) is 6.18. The number of nitrogens with one attached hydrogen (secondary N) is 1. The van der Waals surface area contributed by atoms with Gasteiger partial charge in [-0.2, -0.15) is 13.2 Å². The van der Waals surface area contributed by atoms with Gasteiger partial charge in [0.2, 0.25) is 0 Å². The highest BCUT2D eigenvalue weighted by Crippen LogP contribution is 2.25. The zero-order chi connectivity index (χ0) is 14.8. The maximum Gasteiger partial charge on any atom is 0.401 e. The molecule has 0 spiro atoms. The molecule has 0 atom stereocenters. The summed E-state index contributed by atoms with van der Waals surface area (Å²) in [6, 6.07) is 4.62. The molecule has 0 amide bonds. The molecule has 0 aliphatic carbocycles. The lowest BCUT2D eigenvalue weighted by atomic mass is 10.0. The predicted octanol–water partition coefficient (Wildman–Crippen LogP) is 3.92. The molecular weight excluding hydrogens is 296 g/mol. The van der Waals surface area contributed by atoms with Gasteiger partial charge in [-0.05, 0) is 25.0 Å². The van der Waals surface area contributed by atoms with Crippen LogP contribution in [0, 0.1) is 5.82 Å². The largest absolute Gasteiger partial charge is 0.401 e. The third-order valence-electron chi connectivity index (χ3n) is 3.30. The lowest BCUT2D eigenvalue weighted by Gasteiger charge is -2.33. The molecule has 1 saturated heterocycles. The second-order valence-electron chi connectivity index (χ2n) is 4.91. The number of piperidine rings is 1. The molecule has 1 aliphatic rings. The average Bonchev–Trinajstić information content (AvgIpc) is 2.35. The van der Waals surface area contributed by atoms with E-state index in [1.54, 1.807) is 12.1 Å². The highest BCUT2D eigenvalue weighted by Gasteiger charge is 2.32. The normalized spacial score (nSPS) is 18.2. The fourth-order valence-electron chi connectivity index (χ4n) is 2.32. The minimum atomic E-state index is -4.17. The maximum atomic E-state index is 13.7. The Morgan fingerprint density at radius 3 is 2.50 bits per heavy atom. The molecule has 20 heavy (non-hydrogen) atoms. The van der Waals surface area contributed by atoms with Crippen molar-refractivity contribution in [3.8, 4) is 0 Å². The lowest BCUT2D eigenvalue weighted by Crippen LogP contribution is -2.43. The third-order valence-corrected chi connectivity index (χ3v) is 3.59. The van der Waals surface area contributed by atoms with Crippen molar-refractivity contribution in [2.75, 3.05) is 25.0 Å². The van der Waals surface area contributed by atoms with Gasteiger partial charge in [0.15, 0.2) is 5.82 Å². The number of anilines is 1. The van der Waals surface area contributed by atoms with Crippen LogP contribution in [0.15, 0.2) is 18.2 Å². The number of hydrogen-bond acceptors (Lipinski definition) is 2. The van der Waals surface area contributed by atoms with E-state index in [-0.39, 0.29) is 11.1 Å². The predicted molar refractivity (Wildman–Crippen MR) is 70.5 cm³/mol. The van der Waals surface area contributed by atoms with E-state index in [4.69, 9.17) is 11.6 Å². The number of benzene rings is 1. The van der Waals surface area contributed by atoms with Gasteiger partial charge in [-0.25, -0.2) is 4.39 Å². The van der Waals surface area contributed by atoms with Crippen LogP contribution >= 0.6 is 11.6 Å². The molecule has 112 valence electrons. The standard InChI is InChI=1S/C13H15ClF4N2/c14-10-2-1-3-11(12(10)15)19-9-4-6-20(7-5-9)8-13(16,17)18/h1-3,9,19H,4-8H2. The fourth-order valence-corrected chi connectivity index (χ4v) is 2.50. The van der Waals surface area contributed by atoms with Crippen molar-refractivity contribution in [1.29, 1.82) is 0 Å². The van der Waals surface area contributed by atoms with Gasteiger partial charge in [0.05, 0.1) is 17.3 Å². The Bertz CT molecular complexity index is 456. The molecule has 0 aromatic heterocycles. The van der Waals surface area contributed by atoms with E-state index in [0.29, 0.717) is 31.6 Å². The Balaban J connectivity index is 1.87. The van der Waals surface area contributed by atoms with Crippen molar-refractivity contribution in [3.63, 3.8) is 0 Å². The van der Waals surface area contributed by atoms with Gasteiger partial charge in [-0.1, -0.05) is 17.7 Å². The Morgan fingerprint density at radius 1 is 1.25 bits per heavy atom. The molecular formula is C13H15ClF4N2. The van der Waals surface area contributed by atoms with Gasteiger partial charge >= 0.3 is 6.18 Å².